The average molecular weight is 317 g/mol. The van der Waals surface area contributed by atoms with Gasteiger partial charge in [0.05, 0.1) is 17.4 Å². The van der Waals surface area contributed by atoms with Gasteiger partial charge in [0.15, 0.2) is 5.58 Å². The number of para-hydroxylation sites is 2. The molecule has 0 atom stereocenters. The zero-order chi connectivity index (χ0) is 16.7. The molecule has 120 valence electrons. The maximum Gasteiger partial charge on any atom is 0.230 e. The van der Waals surface area contributed by atoms with E-state index in [1.165, 1.54) is 5.56 Å². The van der Waals surface area contributed by atoms with Gasteiger partial charge in [-0.15, -0.1) is 0 Å². The van der Waals surface area contributed by atoms with Crippen LogP contribution in [0.3, 0.4) is 0 Å². The standard InChI is InChI=1S/C20H19N3O/c1-20(2,3)15-7-6-8-16(11-15)23-13-14(12-21-23)19-22-17-9-4-5-10-18(17)24-19/h4-13H,1-3H3. The van der Waals surface area contributed by atoms with Crippen molar-refractivity contribution in [3.05, 3.63) is 66.5 Å². The molecule has 4 nitrogen and oxygen atoms in total. The zero-order valence-corrected chi connectivity index (χ0v) is 14.0. The van der Waals surface area contributed by atoms with E-state index in [1.54, 1.807) is 6.20 Å². The lowest BCUT2D eigenvalue weighted by Crippen LogP contribution is -2.11. The molecule has 0 spiro atoms. The fourth-order valence-corrected chi connectivity index (χ4v) is 2.69. The Bertz CT molecular complexity index is 972. The number of hydrogen-bond donors (Lipinski definition) is 0. The Morgan fingerprint density at radius 1 is 1.00 bits per heavy atom. The van der Waals surface area contributed by atoms with Crippen LogP contribution in [0, 0.1) is 0 Å². The fraction of sp³-hybridized carbons (Fsp3) is 0.200. The highest BCUT2D eigenvalue weighted by Gasteiger charge is 2.15. The van der Waals surface area contributed by atoms with Crippen LogP contribution in [0.25, 0.3) is 28.2 Å². The number of hydrogen-bond acceptors (Lipinski definition) is 3. The van der Waals surface area contributed by atoms with Crippen LogP contribution in [-0.4, -0.2) is 14.8 Å². The van der Waals surface area contributed by atoms with Crippen LogP contribution in [0.4, 0.5) is 0 Å². The molecule has 0 aliphatic heterocycles. The summed E-state index contributed by atoms with van der Waals surface area (Å²) in [4.78, 5) is 4.53. The van der Waals surface area contributed by atoms with Crippen molar-refractivity contribution in [2.24, 2.45) is 0 Å². The van der Waals surface area contributed by atoms with Crippen molar-refractivity contribution in [2.45, 2.75) is 26.2 Å². The Balaban J connectivity index is 1.72. The number of nitrogens with zero attached hydrogens (tertiary/aromatic N) is 3. The van der Waals surface area contributed by atoms with Gasteiger partial charge in [-0.2, -0.15) is 5.10 Å². The van der Waals surface area contributed by atoms with E-state index in [9.17, 15) is 0 Å². The van der Waals surface area contributed by atoms with Crippen molar-refractivity contribution in [1.82, 2.24) is 14.8 Å². The molecule has 0 saturated carbocycles. The molecular weight excluding hydrogens is 298 g/mol. The Morgan fingerprint density at radius 3 is 2.62 bits per heavy atom. The van der Waals surface area contributed by atoms with Crippen molar-refractivity contribution in [3.8, 4) is 17.1 Å². The lowest BCUT2D eigenvalue weighted by atomic mass is 9.87. The average Bonchev–Trinajstić information content (AvgIpc) is 3.21. The first-order chi connectivity index (χ1) is 11.5. The van der Waals surface area contributed by atoms with Crippen LogP contribution in [0.5, 0.6) is 0 Å². The highest BCUT2D eigenvalue weighted by atomic mass is 16.3. The van der Waals surface area contributed by atoms with E-state index >= 15 is 0 Å². The fourth-order valence-electron chi connectivity index (χ4n) is 2.69. The lowest BCUT2D eigenvalue weighted by molar-refractivity contribution is 0.589. The summed E-state index contributed by atoms with van der Waals surface area (Å²) in [6.45, 7) is 6.62. The van der Waals surface area contributed by atoms with Crippen LogP contribution in [0.1, 0.15) is 26.3 Å². The van der Waals surface area contributed by atoms with E-state index in [4.69, 9.17) is 4.42 Å². The molecule has 4 aromatic rings. The molecule has 0 aliphatic carbocycles. The second-order valence-corrected chi connectivity index (χ2v) is 6.96. The molecule has 2 aromatic carbocycles. The smallest absolute Gasteiger partial charge is 0.230 e. The Labute approximate surface area is 140 Å². The number of fused-ring (bicyclic) bond motifs is 1. The summed E-state index contributed by atoms with van der Waals surface area (Å²) in [5.74, 6) is 0.592. The quantitative estimate of drug-likeness (QED) is 0.524. The molecule has 4 rings (SSSR count). The van der Waals surface area contributed by atoms with Gasteiger partial charge in [-0.3, -0.25) is 0 Å². The molecule has 2 heterocycles. The first-order valence-electron chi connectivity index (χ1n) is 8.02. The summed E-state index contributed by atoms with van der Waals surface area (Å²) in [7, 11) is 0. The van der Waals surface area contributed by atoms with Gasteiger partial charge in [0, 0.05) is 6.20 Å². The summed E-state index contributed by atoms with van der Waals surface area (Å²) >= 11 is 0. The molecule has 0 aliphatic rings. The first-order valence-corrected chi connectivity index (χ1v) is 8.02. The van der Waals surface area contributed by atoms with Gasteiger partial charge >= 0.3 is 0 Å². The van der Waals surface area contributed by atoms with Gasteiger partial charge in [-0.25, -0.2) is 9.67 Å². The minimum atomic E-state index is 0.103. The predicted octanol–water partition coefficient (Wildman–Crippen LogP) is 4.98. The van der Waals surface area contributed by atoms with Crippen LogP contribution in [-0.2, 0) is 5.41 Å². The summed E-state index contributed by atoms with van der Waals surface area (Å²) in [5, 5.41) is 4.47. The largest absolute Gasteiger partial charge is 0.436 e. The minimum absolute atomic E-state index is 0.103. The molecule has 0 amide bonds. The molecular formula is C20H19N3O. The second kappa shape index (κ2) is 5.34. The minimum Gasteiger partial charge on any atom is -0.436 e. The highest BCUT2D eigenvalue weighted by molar-refractivity contribution is 5.75. The second-order valence-electron chi connectivity index (χ2n) is 6.96. The third-order valence-electron chi connectivity index (χ3n) is 4.10. The molecule has 4 heteroatoms. The summed E-state index contributed by atoms with van der Waals surface area (Å²) in [6.07, 6.45) is 3.74. The van der Waals surface area contributed by atoms with E-state index < -0.39 is 0 Å². The number of benzene rings is 2. The van der Waals surface area contributed by atoms with Crippen molar-refractivity contribution in [2.75, 3.05) is 0 Å². The molecule has 0 fully saturated rings. The maximum atomic E-state index is 5.82. The van der Waals surface area contributed by atoms with Gasteiger partial charge < -0.3 is 4.42 Å². The molecule has 0 unspecified atom stereocenters. The molecule has 0 radical (unpaired) electrons. The number of aromatic nitrogens is 3. The van der Waals surface area contributed by atoms with E-state index in [0.717, 1.165) is 22.4 Å². The SMILES string of the molecule is CC(C)(C)c1cccc(-n2cc(-c3nc4ccccc4o3)cn2)c1. The van der Waals surface area contributed by atoms with Crippen molar-refractivity contribution >= 4 is 11.1 Å². The van der Waals surface area contributed by atoms with E-state index in [1.807, 2.05) is 35.1 Å². The maximum absolute atomic E-state index is 5.82. The number of rotatable bonds is 2. The molecule has 0 saturated heterocycles. The monoisotopic (exact) mass is 317 g/mol. The summed E-state index contributed by atoms with van der Waals surface area (Å²) in [5.41, 5.74) is 4.92. The van der Waals surface area contributed by atoms with Gasteiger partial charge in [-0.1, -0.05) is 45.0 Å². The van der Waals surface area contributed by atoms with Gasteiger partial charge in [-0.05, 0) is 35.2 Å². The Kier molecular flexibility index (Phi) is 3.27. The summed E-state index contributed by atoms with van der Waals surface area (Å²) in [6, 6.07) is 16.2. The van der Waals surface area contributed by atoms with Crippen molar-refractivity contribution in [1.29, 1.82) is 0 Å². The molecule has 24 heavy (non-hydrogen) atoms. The third kappa shape index (κ3) is 2.60. The Hall–Kier alpha value is -2.88. The van der Waals surface area contributed by atoms with Crippen LogP contribution in [0.15, 0.2) is 65.3 Å². The normalized spacial score (nSPS) is 12.0. The van der Waals surface area contributed by atoms with E-state index in [2.05, 4.69) is 55.1 Å². The first kappa shape index (κ1) is 14.7. The molecule has 0 N–H and O–H groups in total. The lowest BCUT2D eigenvalue weighted by Gasteiger charge is -2.19. The van der Waals surface area contributed by atoms with Crippen molar-refractivity contribution < 1.29 is 4.42 Å². The molecule has 0 bridgehead atoms. The van der Waals surface area contributed by atoms with Crippen molar-refractivity contribution in [3.63, 3.8) is 0 Å². The summed E-state index contributed by atoms with van der Waals surface area (Å²) < 4.78 is 7.68. The van der Waals surface area contributed by atoms with Gasteiger partial charge in [0.1, 0.15) is 5.52 Å². The third-order valence-corrected chi connectivity index (χ3v) is 4.10. The van der Waals surface area contributed by atoms with Gasteiger partial charge in [0.25, 0.3) is 0 Å². The van der Waals surface area contributed by atoms with E-state index in [0.29, 0.717) is 5.89 Å². The Morgan fingerprint density at radius 2 is 1.83 bits per heavy atom. The molecule has 2 aromatic heterocycles. The topological polar surface area (TPSA) is 43.9 Å². The zero-order valence-electron chi connectivity index (χ0n) is 14.0. The predicted molar refractivity (Wildman–Crippen MR) is 95.3 cm³/mol. The highest BCUT2D eigenvalue weighted by Crippen LogP contribution is 2.26. The number of oxazole rings is 1. The van der Waals surface area contributed by atoms with Crippen LogP contribution < -0.4 is 0 Å². The van der Waals surface area contributed by atoms with Gasteiger partial charge in [0.2, 0.25) is 5.89 Å². The van der Waals surface area contributed by atoms with E-state index in [-0.39, 0.29) is 5.41 Å². The van der Waals surface area contributed by atoms with Crippen LogP contribution in [0.2, 0.25) is 0 Å². The van der Waals surface area contributed by atoms with Crippen LogP contribution >= 0.6 is 0 Å².